The molecular weight excluding hydrogens is 386 g/mol. The summed E-state index contributed by atoms with van der Waals surface area (Å²) in [5.74, 6) is 1.38. The molecule has 0 radical (unpaired) electrons. The Morgan fingerprint density at radius 3 is 2.46 bits per heavy atom. The SMILES string of the molecule is COc1ccc(CCC(C)NC(=O)CSc2ccc(Br)cc2)cc1. The van der Waals surface area contributed by atoms with Gasteiger partial charge < -0.3 is 10.1 Å². The average Bonchev–Trinajstić information content (AvgIpc) is 2.60. The van der Waals surface area contributed by atoms with Gasteiger partial charge in [0.1, 0.15) is 5.75 Å². The van der Waals surface area contributed by atoms with E-state index in [0.29, 0.717) is 5.75 Å². The Morgan fingerprint density at radius 1 is 1.17 bits per heavy atom. The van der Waals surface area contributed by atoms with Crippen molar-refractivity contribution in [1.82, 2.24) is 5.32 Å². The second-order valence-corrected chi connectivity index (χ2v) is 7.56. The van der Waals surface area contributed by atoms with Gasteiger partial charge in [-0.1, -0.05) is 28.1 Å². The summed E-state index contributed by atoms with van der Waals surface area (Å²) in [4.78, 5) is 13.1. The van der Waals surface area contributed by atoms with E-state index in [1.165, 1.54) is 5.56 Å². The van der Waals surface area contributed by atoms with Crippen LogP contribution < -0.4 is 10.1 Å². The van der Waals surface area contributed by atoms with E-state index in [9.17, 15) is 4.79 Å². The van der Waals surface area contributed by atoms with Gasteiger partial charge in [-0.2, -0.15) is 0 Å². The van der Waals surface area contributed by atoms with E-state index in [-0.39, 0.29) is 11.9 Å². The maximum atomic E-state index is 12.0. The van der Waals surface area contributed by atoms with Crippen molar-refractivity contribution in [3.05, 3.63) is 58.6 Å². The summed E-state index contributed by atoms with van der Waals surface area (Å²) in [5.41, 5.74) is 1.25. The first-order valence-electron chi connectivity index (χ1n) is 7.87. The van der Waals surface area contributed by atoms with E-state index in [0.717, 1.165) is 28.0 Å². The summed E-state index contributed by atoms with van der Waals surface area (Å²) in [5, 5.41) is 3.06. The van der Waals surface area contributed by atoms with Crippen molar-refractivity contribution in [2.45, 2.75) is 30.7 Å². The summed E-state index contributed by atoms with van der Waals surface area (Å²) < 4.78 is 6.20. The Bertz CT molecular complexity index is 643. The molecule has 2 aromatic carbocycles. The van der Waals surface area contributed by atoms with Crippen LogP contribution in [0.25, 0.3) is 0 Å². The van der Waals surface area contributed by atoms with Gasteiger partial charge in [0.25, 0.3) is 0 Å². The zero-order valence-corrected chi connectivity index (χ0v) is 16.3. The van der Waals surface area contributed by atoms with Gasteiger partial charge in [0.05, 0.1) is 12.9 Å². The van der Waals surface area contributed by atoms with Crippen LogP contribution in [0.5, 0.6) is 5.75 Å². The molecular formula is C19H22BrNO2S. The number of thioether (sulfide) groups is 1. The molecule has 1 amide bonds. The molecule has 0 heterocycles. The quantitative estimate of drug-likeness (QED) is 0.645. The van der Waals surface area contributed by atoms with E-state index in [1.807, 2.05) is 43.3 Å². The highest BCUT2D eigenvalue weighted by atomic mass is 79.9. The monoisotopic (exact) mass is 407 g/mol. The number of nitrogens with one attached hydrogen (secondary N) is 1. The van der Waals surface area contributed by atoms with Gasteiger partial charge in [0, 0.05) is 15.4 Å². The zero-order chi connectivity index (χ0) is 17.4. The molecule has 5 heteroatoms. The molecule has 1 atom stereocenters. The minimum atomic E-state index is 0.0742. The summed E-state index contributed by atoms with van der Waals surface area (Å²) in [6, 6.07) is 16.2. The van der Waals surface area contributed by atoms with Crippen LogP contribution in [0.4, 0.5) is 0 Å². The van der Waals surface area contributed by atoms with Gasteiger partial charge in [-0.3, -0.25) is 4.79 Å². The van der Waals surface area contributed by atoms with Crippen molar-refractivity contribution >= 4 is 33.6 Å². The predicted octanol–water partition coefficient (Wildman–Crippen LogP) is 4.69. The number of ether oxygens (including phenoxy) is 1. The van der Waals surface area contributed by atoms with Gasteiger partial charge in [0.2, 0.25) is 5.91 Å². The largest absolute Gasteiger partial charge is 0.497 e. The normalized spacial score (nSPS) is 11.8. The average molecular weight is 408 g/mol. The molecule has 0 aliphatic heterocycles. The lowest BCUT2D eigenvalue weighted by Gasteiger charge is -2.14. The maximum Gasteiger partial charge on any atom is 0.230 e. The lowest BCUT2D eigenvalue weighted by molar-refractivity contribution is -0.119. The highest BCUT2D eigenvalue weighted by Crippen LogP contribution is 2.20. The smallest absolute Gasteiger partial charge is 0.230 e. The lowest BCUT2D eigenvalue weighted by atomic mass is 10.1. The van der Waals surface area contributed by atoms with Gasteiger partial charge in [-0.05, 0) is 61.7 Å². The number of rotatable bonds is 8. The van der Waals surface area contributed by atoms with Crippen molar-refractivity contribution < 1.29 is 9.53 Å². The number of methoxy groups -OCH3 is 1. The van der Waals surface area contributed by atoms with Gasteiger partial charge in [0.15, 0.2) is 0 Å². The summed E-state index contributed by atoms with van der Waals surface area (Å²) in [6.45, 7) is 2.05. The van der Waals surface area contributed by atoms with Gasteiger partial charge >= 0.3 is 0 Å². The van der Waals surface area contributed by atoms with E-state index in [1.54, 1.807) is 18.9 Å². The molecule has 0 saturated carbocycles. The minimum Gasteiger partial charge on any atom is -0.497 e. The van der Waals surface area contributed by atoms with Crippen LogP contribution in [0.2, 0.25) is 0 Å². The summed E-state index contributed by atoms with van der Waals surface area (Å²) >= 11 is 4.96. The molecule has 0 spiro atoms. The molecule has 1 N–H and O–H groups in total. The topological polar surface area (TPSA) is 38.3 Å². The highest BCUT2D eigenvalue weighted by Gasteiger charge is 2.08. The molecule has 3 nitrogen and oxygen atoms in total. The number of benzene rings is 2. The molecule has 0 fully saturated rings. The number of halogens is 1. The van der Waals surface area contributed by atoms with Crippen LogP contribution in [0, 0.1) is 0 Å². The van der Waals surface area contributed by atoms with Crippen LogP contribution in [0.1, 0.15) is 18.9 Å². The molecule has 24 heavy (non-hydrogen) atoms. The Balaban J connectivity index is 1.69. The fourth-order valence-corrected chi connectivity index (χ4v) is 3.22. The number of hydrogen-bond donors (Lipinski definition) is 1. The van der Waals surface area contributed by atoms with Gasteiger partial charge in [-0.15, -0.1) is 11.8 Å². The lowest BCUT2D eigenvalue weighted by Crippen LogP contribution is -2.34. The highest BCUT2D eigenvalue weighted by molar-refractivity contribution is 9.10. The maximum absolute atomic E-state index is 12.0. The van der Waals surface area contributed by atoms with Crippen molar-refractivity contribution in [1.29, 1.82) is 0 Å². The van der Waals surface area contributed by atoms with Gasteiger partial charge in [-0.25, -0.2) is 0 Å². The van der Waals surface area contributed by atoms with Crippen LogP contribution in [-0.4, -0.2) is 24.8 Å². The van der Waals surface area contributed by atoms with E-state index in [2.05, 4.69) is 33.4 Å². The number of aryl methyl sites for hydroxylation is 1. The molecule has 0 aromatic heterocycles. The molecule has 2 aromatic rings. The number of carbonyl (C=O) groups excluding carboxylic acids is 1. The molecule has 0 saturated heterocycles. The Labute approximate surface area is 156 Å². The number of amides is 1. The molecule has 2 rings (SSSR count). The fourth-order valence-electron chi connectivity index (χ4n) is 2.24. The van der Waals surface area contributed by atoms with Crippen LogP contribution in [0.15, 0.2) is 57.9 Å². The van der Waals surface area contributed by atoms with Crippen molar-refractivity contribution in [3.8, 4) is 5.75 Å². The third-order valence-electron chi connectivity index (χ3n) is 3.62. The van der Waals surface area contributed by atoms with Crippen LogP contribution >= 0.6 is 27.7 Å². The first-order valence-corrected chi connectivity index (χ1v) is 9.65. The van der Waals surface area contributed by atoms with Crippen molar-refractivity contribution in [2.24, 2.45) is 0 Å². The molecule has 0 aliphatic carbocycles. The van der Waals surface area contributed by atoms with E-state index in [4.69, 9.17) is 4.74 Å². The Hall–Kier alpha value is -1.46. The number of hydrogen-bond acceptors (Lipinski definition) is 3. The van der Waals surface area contributed by atoms with Crippen LogP contribution in [0.3, 0.4) is 0 Å². The molecule has 128 valence electrons. The number of carbonyl (C=O) groups is 1. The van der Waals surface area contributed by atoms with Crippen molar-refractivity contribution in [3.63, 3.8) is 0 Å². The first kappa shape index (κ1) is 18.9. The predicted molar refractivity (Wildman–Crippen MR) is 104 cm³/mol. The van der Waals surface area contributed by atoms with Crippen LogP contribution in [-0.2, 0) is 11.2 Å². The summed E-state index contributed by atoms with van der Waals surface area (Å²) in [7, 11) is 1.67. The fraction of sp³-hybridized carbons (Fsp3) is 0.316. The minimum absolute atomic E-state index is 0.0742. The van der Waals surface area contributed by atoms with E-state index < -0.39 is 0 Å². The summed E-state index contributed by atoms with van der Waals surface area (Å²) in [6.07, 6.45) is 1.85. The molecule has 1 unspecified atom stereocenters. The first-order chi connectivity index (χ1) is 11.6. The molecule has 0 aliphatic rings. The van der Waals surface area contributed by atoms with Crippen molar-refractivity contribution in [2.75, 3.05) is 12.9 Å². The molecule has 0 bridgehead atoms. The Morgan fingerprint density at radius 2 is 1.83 bits per heavy atom. The second kappa shape index (κ2) is 9.74. The second-order valence-electron chi connectivity index (χ2n) is 5.60. The third-order valence-corrected chi connectivity index (χ3v) is 5.16. The third kappa shape index (κ3) is 6.57. The Kier molecular flexibility index (Phi) is 7.66. The zero-order valence-electron chi connectivity index (χ0n) is 13.9. The van der Waals surface area contributed by atoms with E-state index >= 15 is 0 Å². The standard InChI is InChI=1S/C19H22BrNO2S/c1-14(3-4-15-5-9-17(23-2)10-6-15)21-19(22)13-24-18-11-7-16(20)8-12-18/h5-12,14H,3-4,13H2,1-2H3,(H,21,22).